The Balaban J connectivity index is 2.02. The van der Waals surface area contributed by atoms with E-state index in [0.717, 1.165) is 30.4 Å². The number of nitrogens with one attached hydrogen (secondary N) is 1. The lowest BCUT2D eigenvalue weighted by molar-refractivity contribution is 0.0875. The van der Waals surface area contributed by atoms with Crippen LogP contribution in [0.4, 0.5) is 5.82 Å². The van der Waals surface area contributed by atoms with Crippen molar-refractivity contribution >= 4 is 28.5 Å². The van der Waals surface area contributed by atoms with Crippen molar-refractivity contribution in [3.05, 3.63) is 18.0 Å². The van der Waals surface area contributed by atoms with Crippen LogP contribution in [-0.4, -0.2) is 40.5 Å². The van der Waals surface area contributed by atoms with Crippen LogP contribution in [0.3, 0.4) is 0 Å². The molecule has 3 rings (SSSR count). The first-order chi connectivity index (χ1) is 10.3. The van der Waals surface area contributed by atoms with E-state index in [1.807, 2.05) is 6.26 Å². The second kappa shape index (κ2) is 6.24. The summed E-state index contributed by atoms with van der Waals surface area (Å²) >= 11 is 1.48. The minimum Gasteiger partial charge on any atom is -0.379 e. The number of hydrogen-bond acceptors (Lipinski definition) is 7. The van der Waals surface area contributed by atoms with Gasteiger partial charge in [0, 0.05) is 18.2 Å². The van der Waals surface area contributed by atoms with Gasteiger partial charge in [0.05, 0.1) is 12.6 Å². The van der Waals surface area contributed by atoms with Gasteiger partial charge in [-0.05, 0) is 25.2 Å². The molecule has 6 nitrogen and oxygen atoms in total. The molecule has 7 heteroatoms. The molecule has 21 heavy (non-hydrogen) atoms. The maximum absolute atomic E-state index is 9.12. The van der Waals surface area contributed by atoms with E-state index in [0.29, 0.717) is 23.3 Å². The monoisotopic (exact) mass is 301 g/mol. The average molecular weight is 301 g/mol. The van der Waals surface area contributed by atoms with Crippen LogP contribution in [0.15, 0.2) is 17.4 Å². The van der Waals surface area contributed by atoms with E-state index in [1.165, 1.54) is 11.8 Å². The fourth-order valence-corrected chi connectivity index (χ4v) is 2.67. The van der Waals surface area contributed by atoms with Gasteiger partial charge in [-0.2, -0.15) is 5.26 Å². The fraction of sp³-hybridized carbons (Fsp3) is 0.429. The third kappa shape index (κ3) is 3.06. The molecule has 1 unspecified atom stereocenters. The van der Waals surface area contributed by atoms with E-state index < -0.39 is 0 Å². The van der Waals surface area contributed by atoms with Gasteiger partial charge in [0.2, 0.25) is 0 Å². The van der Waals surface area contributed by atoms with Crippen molar-refractivity contribution in [2.24, 2.45) is 0 Å². The van der Waals surface area contributed by atoms with Crippen molar-refractivity contribution in [1.82, 2.24) is 15.0 Å². The van der Waals surface area contributed by atoms with Gasteiger partial charge in [-0.15, -0.1) is 0 Å². The molecule has 1 aliphatic heterocycles. The molecule has 0 spiro atoms. The van der Waals surface area contributed by atoms with Crippen molar-refractivity contribution in [2.45, 2.75) is 24.0 Å². The maximum atomic E-state index is 9.12. The van der Waals surface area contributed by atoms with Crippen LogP contribution in [0.1, 0.15) is 18.5 Å². The zero-order valence-electron chi connectivity index (χ0n) is 11.7. The number of anilines is 1. The second-order valence-corrected chi connectivity index (χ2v) is 5.59. The van der Waals surface area contributed by atoms with Crippen molar-refractivity contribution < 1.29 is 4.74 Å². The largest absolute Gasteiger partial charge is 0.379 e. The van der Waals surface area contributed by atoms with E-state index in [1.54, 1.807) is 12.3 Å². The summed E-state index contributed by atoms with van der Waals surface area (Å²) in [7, 11) is 0. The van der Waals surface area contributed by atoms with E-state index in [2.05, 4.69) is 26.3 Å². The molecule has 1 saturated heterocycles. The molecule has 1 aliphatic rings. The summed E-state index contributed by atoms with van der Waals surface area (Å²) in [5.74, 6) is 0.636. The predicted octanol–water partition coefficient (Wildman–Crippen LogP) is 2.21. The highest BCUT2D eigenvalue weighted by Gasteiger charge is 2.17. The van der Waals surface area contributed by atoms with Gasteiger partial charge in [0.25, 0.3) is 0 Å². The summed E-state index contributed by atoms with van der Waals surface area (Å²) in [5.41, 5.74) is 1.11. The SMILES string of the molecule is CSc1ncc2cc(C#N)nc(NC3CCCOC3)c2n1. The Morgan fingerprint density at radius 1 is 1.48 bits per heavy atom. The standard InChI is InChI=1S/C14H15N5OS/c1-21-14-16-7-9-5-11(6-15)18-13(12(9)19-14)17-10-3-2-4-20-8-10/h5,7,10H,2-4,8H2,1H3,(H,17,18). The highest BCUT2D eigenvalue weighted by molar-refractivity contribution is 7.98. The molecule has 1 fully saturated rings. The minimum atomic E-state index is 0.205. The van der Waals surface area contributed by atoms with Crippen molar-refractivity contribution in [2.75, 3.05) is 24.8 Å². The lowest BCUT2D eigenvalue weighted by Gasteiger charge is -2.24. The number of thioether (sulfide) groups is 1. The summed E-state index contributed by atoms with van der Waals surface area (Å²) < 4.78 is 5.48. The van der Waals surface area contributed by atoms with Gasteiger partial charge in [0.1, 0.15) is 17.3 Å². The minimum absolute atomic E-state index is 0.205. The summed E-state index contributed by atoms with van der Waals surface area (Å²) in [5, 5.41) is 14.0. The highest BCUT2D eigenvalue weighted by atomic mass is 32.2. The Bertz CT molecular complexity index is 694. The molecule has 0 aliphatic carbocycles. The first-order valence-electron chi connectivity index (χ1n) is 6.76. The highest BCUT2D eigenvalue weighted by Crippen LogP contribution is 2.24. The average Bonchev–Trinajstić information content (AvgIpc) is 2.55. The Kier molecular flexibility index (Phi) is 4.18. The second-order valence-electron chi connectivity index (χ2n) is 4.82. The maximum Gasteiger partial charge on any atom is 0.187 e. The van der Waals surface area contributed by atoms with Crippen LogP contribution >= 0.6 is 11.8 Å². The molecule has 0 aromatic carbocycles. The predicted molar refractivity (Wildman–Crippen MR) is 81.3 cm³/mol. The van der Waals surface area contributed by atoms with E-state index in [9.17, 15) is 0 Å². The molecule has 0 bridgehead atoms. The van der Waals surface area contributed by atoms with Crippen molar-refractivity contribution in [1.29, 1.82) is 5.26 Å². The third-order valence-electron chi connectivity index (χ3n) is 3.34. The molecular formula is C14H15N5OS. The van der Waals surface area contributed by atoms with Crippen LogP contribution in [0.25, 0.3) is 10.9 Å². The van der Waals surface area contributed by atoms with Gasteiger partial charge < -0.3 is 10.1 Å². The molecule has 1 N–H and O–H groups in total. The summed E-state index contributed by atoms with van der Waals surface area (Å²) in [6, 6.07) is 4.00. The van der Waals surface area contributed by atoms with Gasteiger partial charge in [-0.25, -0.2) is 15.0 Å². The molecule has 2 aromatic rings. The van der Waals surface area contributed by atoms with Gasteiger partial charge in [-0.1, -0.05) is 11.8 Å². The quantitative estimate of drug-likeness (QED) is 0.687. The van der Waals surface area contributed by atoms with Crippen LogP contribution < -0.4 is 5.32 Å². The number of nitrogens with zero attached hydrogens (tertiary/aromatic N) is 4. The molecule has 1 atom stereocenters. The van der Waals surface area contributed by atoms with Crippen LogP contribution in [0.5, 0.6) is 0 Å². The lowest BCUT2D eigenvalue weighted by atomic mass is 10.1. The summed E-state index contributed by atoms with van der Waals surface area (Å²) in [6.45, 7) is 1.46. The molecule has 0 amide bonds. The number of rotatable bonds is 3. The summed E-state index contributed by atoms with van der Waals surface area (Å²) in [6.07, 6.45) is 5.72. The van der Waals surface area contributed by atoms with E-state index in [-0.39, 0.29) is 6.04 Å². The van der Waals surface area contributed by atoms with Gasteiger partial charge in [0.15, 0.2) is 11.0 Å². The first kappa shape index (κ1) is 14.0. The Hall–Kier alpha value is -1.91. The first-order valence-corrected chi connectivity index (χ1v) is 7.99. The van der Waals surface area contributed by atoms with Gasteiger partial charge in [-0.3, -0.25) is 0 Å². The number of aromatic nitrogens is 3. The number of fused-ring (bicyclic) bond motifs is 1. The number of hydrogen-bond donors (Lipinski definition) is 1. The third-order valence-corrected chi connectivity index (χ3v) is 3.90. The number of pyridine rings is 1. The number of nitriles is 1. The smallest absolute Gasteiger partial charge is 0.187 e. The van der Waals surface area contributed by atoms with Crippen LogP contribution in [0, 0.1) is 11.3 Å². The van der Waals surface area contributed by atoms with E-state index in [4.69, 9.17) is 10.00 Å². The van der Waals surface area contributed by atoms with Gasteiger partial charge >= 0.3 is 0 Å². The molecule has 0 radical (unpaired) electrons. The topological polar surface area (TPSA) is 83.7 Å². The zero-order chi connectivity index (χ0) is 14.7. The van der Waals surface area contributed by atoms with Crippen LogP contribution in [-0.2, 0) is 4.74 Å². The molecule has 2 aromatic heterocycles. The fourth-order valence-electron chi connectivity index (χ4n) is 2.33. The van der Waals surface area contributed by atoms with Crippen molar-refractivity contribution in [3.8, 4) is 6.07 Å². The van der Waals surface area contributed by atoms with E-state index >= 15 is 0 Å². The normalized spacial score (nSPS) is 18.4. The summed E-state index contributed by atoms with van der Waals surface area (Å²) in [4.78, 5) is 13.1. The lowest BCUT2D eigenvalue weighted by Crippen LogP contribution is -2.30. The molecule has 0 saturated carbocycles. The van der Waals surface area contributed by atoms with Crippen molar-refractivity contribution in [3.63, 3.8) is 0 Å². The Morgan fingerprint density at radius 2 is 2.38 bits per heavy atom. The Morgan fingerprint density at radius 3 is 3.10 bits per heavy atom. The zero-order valence-corrected chi connectivity index (χ0v) is 12.5. The molecular weight excluding hydrogens is 286 g/mol. The molecule has 3 heterocycles. The number of ether oxygens (including phenoxy) is 1. The molecule has 108 valence electrons. The Labute approximate surface area is 126 Å². The van der Waals surface area contributed by atoms with Crippen LogP contribution in [0.2, 0.25) is 0 Å².